The Balaban J connectivity index is 1.57. The van der Waals surface area contributed by atoms with Gasteiger partial charge in [0.2, 0.25) is 4.96 Å². The molecule has 7 nitrogen and oxygen atoms in total. The molecule has 4 rings (SSSR count). The van der Waals surface area contributed by atoms with E-state index in [9.17, 15) is 9.59 Å². The molecule has 0 aliphatic rings. The van der Waals surface area contributed by atoms with Gasteiger partial charge in [0.25, 0.3) is 11.5 Å². The molecule has 0 saturated heterocycles. The number of carbonyl (C=O) groups excluding carboxylic acids is 1. The fourth-order valence-corrected chi connectivity index (χ4v) is 3.59. The molecule has 0 aliphatic carbocycles. The molecule has 0 saturated carbocycles. The second kappa shape index (κ2) is 7.61. The molecule has 8 heteroatoms. The minimum absolute atomic E-state index is 0.162. The van der Waals surface area contributed by atoms with Crippen LogP contribution in [-0.4, -0.2) is 27.6 Å². The quantitative estimate of drug-likeness (QED) is 0.564. The first-order chi connectivity index (χ1) is 13.6. The van der Waals surface area contributed by atoms with E-state index < -0.39 is 0 Å². The van der Waals surface area contributed by atoms with E-state index in [0.29, 0.717) is 21.2 Å². The van der Waals surface area contributed by atoms with E-state index in [1.807, 2.05) is 30.3 Å². The lowest BCUT2D eigenvalue weighted by molar-refractivity contribution is 0.0950. The van der Waals surface area contributed by atoms with Gasteiger partial charge in [-0.1, -0.05) is 29.5 Å². The molecule has 28 heavy (non-hydrogen) atoms. The van der Waals surface area contributed by atoms with Crippen molar-refractivity contribution in [2.24, 2.45) is 0 Å². The Bertz CT molecular complexity index is 1180. The van der Waals surface area contributed by atoms with Crippen molar-refractivity contribution < 1.29 is 9.53 Å². The average molecular weight is 392 g/mol. The van der Waals surface area contributed by atoms with Crippen molar-refractivity contribution in [3.05, 3.63) is 82.3 Å². The van der Waals surface area contributed by atoms with Crippen LogP contribution in [0.5, 0.6) is 5.75 Å². The molecular formula is C20H16N4O3S. The molecule has 0 fully saturated rings. The summed E-state index contributed by atoms with van der Waals surface area (Å²) < 4.78 is 6.43. The number of nitrogens with one attached hydrogen (secondary N) is 1. The molecule has 0 bridgehead atoms. The van der Waals surface area contributed by atoms with Gasteiger partial charge in [-0.3, -0.25) is 9.59 Å². The third-order valence-corrected chi connectivity index (χ3v) is 5.06. The largest absolute Gasteiger partial charge is 0.497 e. The highest BCUT2D eigenvalue weighted by Crippen LogP contribution is 2.26. The molecule has 2 aromatic heterocycles. The zero-order valence-corrected chi connectivity index (χ0v) is 15.8. The van der Waals surface area contributed by atoms with Gasteiger partial charge in [0, 0.05) is 17.2 Å². The fourth-order valence-electron chi connectivity index (χ4n) is 2.66. The number of methoxy groups -OCH3 is 1. The Morgan fingerprint density at radius 2 is 1.89 bits per heavy atom. The van der Waals surface area contributed by atoms with Gasteiger partial charge in [0.1, 0.15) is 10.8 Å². The second-order valence-electron chi connectivity index (χ2n) is 5.96. The van der Waals surface area contributed by atoms with Crippen molar-refractivity contribution in [2.45, 2.75) is 6.54 Å². The lowest BCUT2D eigenvalue weighted by Crippen LogP contribution is -2.25. The van der Waals surface area contributed by atoms with Crippen LogP contribution in [-0.2, 0) is 6.54 Å². The average Bonchev–Trinajstić information content (AvgIpc) is 3.17. The van der Waals surface area contributed by atoms with Crippen LogP contribution >= 0.6 is 11.3 Å². The van der Waals surface area contributed by atoms with Crippen LogP contribution < -0.4 is 15.6 Å². The van der Waals surface area contributed by atoms with E-state index in [1.54, 1.807) is 31.4 Å². The number of ether oxygens (including phenoxy) is 1. The highest BCUT2D eigenvalue weighted by molar-refractivity contribution is 7.19. The summed E-state index contributed by atoms with van der Waals surface area (Å²) in [5, 5.41) is 7.81. The summed E-state index contributed by atoms with van der Waals surface area (Å²) >= 11 is 1.31. The van der Waals surface area contributed by atoms with E-state index in [0.717, 1.165) is 11.3 Å². The normalized spacial score (nSPS) is 10.8. The van der Waals surface area contributed by atoms with Crippen LogP contribution in [0.4, 0.5) is 0 Å². The molecule has 0 spiro atoms. The highest BCUT2D eigenvalue weighted by atomic mass is 32.1. The van der Waals surface area contributed by atoms with Crippen LogP contribution in [0.15, 0.2) is 65.5 Å². The van der Waals surface area contributed by atoms with Crippen molar-refractivity contribution in [3.63, 3.8) is 0 Å². The zero-order valence-electron chi connectivity index (χ0n) is 15.0. The standard InChI is InChI=1S/C20H16N4O3S/c1-27-16-9-7-14(8-10-16)19-23-24-17(25)11-15(22-20(24)28-19)12-21-18(26)13-5-3-2-4-6-13/h2-11H,12H2,1H3,(H,21,26). The number of rotatable bonds is 5. The summed E-state index contributed by atoms with van der Waals surface area (Å²) in [6, 6.07) is 17.7. The van der Waals surface area contributed by atoms with E-state index in [2.05, 4.69) is 15.4 Å². The van der Waals surface area contributed by atoms with Crippen LogP contribution in [0.2, 0.25) is 0 Å². The van der Waals surface area contributed by atoms with Crippen molar-refractivity contribution in [2.75, 3.05) is 7.11 Å². The lowest BCUT2D eigenvalue weighted by atomic mass is 10.2. The molecule has 0 radical (unpaired) electrons. The van der Waals surface area contributed by atoms with Gasteiger partial charge in [0.05, 0.1) is 19.3 Å². The highest BCUT2D eigenvalue weighted by Gasteiger charge is 2.12. The van der Waals surface area contributed by atoms with Gasteiger partial charge in [-0.2, -0.15) is 9.61 Å². The Kier molecular flexibility index (Phi) is 4.86. The zero-order chi connectivity index (χ0) is 19.5. The molecule has 2 heterocycles. The number of nitrogens with zero attached hydrogens (tertiary/aromatic N) is 3. The molecule has 0 atom stereocenters. The Morgan fingerprint density at radius 1 is 1.14 bits per heavy atom. The van der Waals surface area contributed by atoms with E-state index in [-0.39, 0.29) is 18.0 Å². The summed E-state index contributed by atoms with van der Waals surface area (Å²) in [4.78, 5) is 29.5. The smallest absolute Gasteiger partial charge is 0.275 e. The first-order valence-electron chi connectivity index (χ1n) is 8.51. The summed E-state index contributed by atoms with van der Waals surface area (Å²) in [5.41, 5.74) is 1.62. The van der Waals surface area contributed by atoms with Gasteiger partial charge >= 0.3 is 0 Å². The van der Waals surface area contributed by atoms with Crippen LogP contribution in [0, 0.1) is 0 Å². The number of benzene rings is 2. The maximum atomic E-state index is 12.4. The molecule has 0 aliphatic heterocycles. The van der Waals surface area contributed by atoms with Gasteiger partial charge in [-0.15, -0.1) is 0 Å². The predicted octanol–water partition coefficient (Wildman–Crippen LogP) is 2.76. The fraction of sp³-hybridized carbons (Fsp3) is 0.100. The summed E-state index contributed by atoms with van der Waals surface area (Å²) in [5.74, 6) is 0.530. The van der Waals surface area contributed by atoms with Gasteiger partial charge < -0.3 is 10.1 Å². The number of amides is 1. The Hall–Kier alpha value is -3.52. The number of hydrogen-bond donors (Lipinski definition) is 1. The first-order valence-corrected chi connectivity index (χ1v) is 9.33. The summed E-state index contributed by atoms with van der Waals surface area (Å²) in [6.45, 7) is 0.162. The summed E-state index contributed by atoms with van der Waals surface area (Å²) in [6.07, 6.45) is 0. The molecule has 140 valence electrons. The topological polar surface area (TPSA) is 85.6 Å². The SMILES string of the molecule is COc1ccc(-c2nn3c(=O)cc(CNC(=O)c4ccccc4)nc3s2)cc1. The first kappa shape index (κ1) is 17.9. The molecule has 1 amide bonds. The minimum atomic E-state index is -0.287. The molecular weight excluding hydrogens is 376 g/mol. The number of aromatic nitrogens is 3. The van der Waals surface area contributed by atoms with Gasteiger partial charge in [-0.05, 0) is 36.4 Å². The van der Waals surface area contributed by atoms with Crippen LogP contribution in [0.3, 0.4) is 0 Å². The van der Waals surface area contributed by atoms with Gasteiger partial charge in [0.15, 0.2) is 0 Å². The number of carbonyl (C=O) groups is 1. The van der Waals surface area contributed by atoms with Crippen LogP contribution in [0.25, 0.3) is 15.5 Å². The molecule has 1 N–H and O–H groups in total. The Morgan fingerprint density at radius 3 is 2.61 bits per heavy atom. The minimum Gasteiger partial charge on any atom is -0.497 e. The lowest BCUT2D eigenvalue weighted by Gasteiger charge is -2.04. The number of fused-ring (bicyclic) bond motifs is 1. The maximum absolute atomic E-state index is 12.4. The van der Waals surface area contributed by atoms with Crippen molar-refractivity contribution in [1.29, 1.82) is 0 Å². The molecule has 0 unspecified atom stereocenters. The number of hydrogen-bond acceptors (Lipinski definition) is 6. The van der Waals surface area contributed by atoms with Crippen molar-refractivity contribution in [3.8, 4) is 16.3 Å². The van der Waals surface area contributed by atoms with Crippen molar-refractivity contribution in [1.82, 2.24) is 19.9 Å². The van der Waals surface area contributed by atoms with Crippen LogP contribution in [0.1, 0.15) is 16.1 Å². The Labute approximate surface area is 164 Å². The van der Waals surface area contributed by atoms with E-state index in [1.165, 1.54) is 21.9 Å². The third kappa shape index (κ3) is 3.63. The van der Waals surface area contributed by atoms with Crippen molar-refractivity contribution >= 4 is 22.2 Å². The van der Waals surface area contributed by atoms with E-state index in [4.69, 9.17) is 4.74 Å². The molecule has 4 aromatic rings. The molecule has 2 aromatic carbocycles. The monoisotopic (exact) mass is 392 g/mol. The summed E-state index contributed by atoms with van der Waals surface area (Å²) in [7, 11) is 1.61. The van der Waals surface area contributed by atoms with E-state index >= 15 is 0 Å². The predicted molar refractivity (Wildman–Crippen MR) is 107 cm³/mol. The third-order valence-electron chi connectivity index (χ3n) is 4.10. The maximum Gasteiger partial charge on any atom is 0.275 e. The van der Waals surface area contributed by atoms with Gasteiger partial charge in [-0.25, -0.2) is 4.98 Å². The second-order valence-corrected chi connectivity index (χ2v) is 6.92.